The minimum atomic E-state index is 0.931. The molecule has 0 aromatic carbocycles. The highest BCUT2D eigenvalue weighted by Crippen LogP contribution is 2.21. The molecule has 0 aromatic rings. The van der Waals surface area contributed by atoms with Crippen molar-refractivity contribution in [1.29, 1.82) is 0 Å². The molecule has 0 rings (SSSR count). The Balaban J connectivity index is 0. The van der Waals surface area contributed by atoms with Crippen molar-refractivity contribution < 1.29 is 0 Å². The van der Waals surface area contributed by atoms with Crippen molar-refractivity contribution in [3.8, 4) is 0 Å². The van der Waals surface area contributed by atoms with Crippen molar-refractivity contribution in [1.82, 2.24) is 0 Å². The topological polar surface area (TPSA) is 0 Å². The van der Waals surface area contributed by atoms with Crippen molar-refractivity contribution in [2.45, 2.75) is 60.8 Å². The molecule has 0 aliphatic heterocycles. The van der Waals surface area contributed by atoms with E-state index in [1.807, 2.05) is 13.8 Å². The van der Waals surface area contributed by atoms with Gasteiger partial charge in [0.25, 0.3) is 0 Å². The Labute approximate surface area is 73.4 Å². The lowest BCUT2D eigenvalue weighted by molar-refractivity contribution is 0.328. The molecule has 0 spiro atoms. The van der Waals surface area contributed by atoms with E-state index < -0.39 is 0 Å². The summed E-state index contributed by atoms with van der Waals surface area (Å²) in [4.78, 5) is 0. The van der Waals surface area contributed by atoms with Gasteiger partial charge in [0.05, 0.1) is 0 Å². The second-order valence-electron chi connectivity index (χ2n) is 2.96. The van der Waals surface area contributed by atoms with Crippen molar-refractivity contribution in [3.05, 3.63) is 0 Å². The monoisotopic (exact) mass is 158 g/mol. The maximum Gasteiger partial charge on any atom is -0.0394 e. The Morgan fingerprint density at radius 2 is 1.18 bits per heavy atom. The molecule has 0 N–H and O–H groups in total. The van der Waals surface area contributed by atoms with Crippen LogP contribution in [-0.2, 0) is 0 Å². The van der Waals surface area contributed by atoms with Gasteiger partial charge in [-0.1, -0.05) is 60.8 Å². The lowest BCUT2D eigenvalue weighted by Crippen LogP contribution is -2.07. The summed E-state index contributed by atoms with van der Waals surface area (Å²) in [5.74, 6) is 1.90. The van der Waals surface area contributed by atoms with Gasteiger partial charge >= 0.3 is 0 Å². The highest BCUT2D eigenvalue weighted by atomic mass is 14.2. The lowest BCUT2D eigenvalue weighted by Gasteiger charge is -2.18. The van der Waals surface area contributed by atoms with Crippen LogP contribution in [0, 0.1) is 11.8 Å². The molecule has 0 heterocycles. The summed E-state index contributed by atoms with van der Waals surface area (Å²) in [6.45, 7) is 13.2. The number of hydrogen-bond acceptors (Lipinski definition) is 0. The van der Waals surface area contributed by atoms with Gasteiger partial charge in [0, 0.05) is 0 Å². The van der Waals surface area contributed by atoms with Crippen LogP contribution in [0.3, 0.4) is 0 Å². The Kier molecular flexibility index (Phi) is 12.3. The molecular weight excluding hydrogens is 132 g/mol. The van der Waals surface area contributed by atoms with Crippen LogP contribution in [0.25, 0.3) is 0 Å². The van der Waals surface area contributed by atoms with E-state index in [9.17, 15) is 0 Å². The molecule has 0 fully saturated rings. The predicted molar refractivity (Wildman–Crippen MR) is 54.9 cm³/mol. The third-order valence-electron chi connectivity index (χ3n) is 2.50. The Bertz CT molecular complexity index is 53.1. The molecule has 0 amide bonds. The second kappa shape index (κ2) is 10.0. The van der Waals surface area contributed by atoms with E-state index in [0.29, 0.717) is 0 Å². The van der Waals surface area contributed by atoms with Gasteiger partial charge in [0.1, 0.15) is 0 Å². The zero-order valence-corrected chi connectivity index (χ0v) is 9.28. The van der Waals surface area contributed by atoms with Crippen molar-refractivity contribution in [2.75, 3.05) is 0 Å². The van der Waals surface area contributed by atoms with Gasteiger partial charge in [-0.3, -0.25) is 0 Å². The molecule has 0 aliphatic rings. The van der Waals surface area contributed by atoms with Crippen LogP contribution in [0.4, 0.5) is 0 Å². The molecule has 0 aromatic heterocycles. The van der Waals surface area contributed by atoms with Gasteiger partial charge in [-0.05, 0) is 11.8 Å². The Morgan fingerprint density at radius 3 is 1.27 bits per heavy atom. The van der Waals surface area contributed by atoms with Gasteiger partial charge in [-0.25, -0.2) is 0 Å². The predicted octanol–water partition coefficient (Wildman–Crippen LogP) is 4.49. The minimum Gasteiger partial charge on any atom is -0.0683 e. The molecule has 0 bridgehead atoms. The SMILES string of the molecule is CC.CCC(C)C(CC)CC. The second-order valence-corrected chi connectivity index (χ2v) is 2.96. The van der Waals surface area contributed by atoms with Crippen LogP contribution in [0.5, 0.6) is 0 Å². The van der Waals surface area contributed by atoms with Gasteiger partial charge in [-0.15, -0.1) is 0 Å². The summed E-state index contributed by atoms with van der Waals surface area (Å²) in [5.41, 5.74) is 0. The van der Waals surface area contributed by atoms with Crippen LogP contribution < -0.4 is 0 Å². The molecule has 1 atom stereocenters. The normalized spacial score (nSPS) is 12.3. The molecule has 1 unspecified atom stereocenters. The number of rotatable bonds is 4. The zero-order chi connectivity index (χ0) is 9.28. The first-order chi connectivity index (χ1) is 5.26. The molecule has 0 aliphatic carbocycles. The summed E-state index contributed by atoms with van der Waals surface area (Å²) < 4.78 is 0. The van der Waals surface area contributed by atoms with E-state index in [4.69, 9.17) is 0 Å². The highest BCUT2D eigenvalue weighted by molar-refractivity contribution is 4.60. The van der Waals surface area contributed by atoms with Gasteiger partial charge in [0.2, 0.25) is 0 Å². The Hall–Kier alpha value is 0. The van der Waals surface area contributed by atoms with Crippen LogP contribution in [-0.4, -0.2) is 0 Å². The molecular formula is C11H26. The largest absolute Gasteiger partial charge is 0.0683 e. The zero-order valence-electron chi connectivity index (χ0n) is 9.28. The van der Waals surface area contributed by atoms with Crippen LogP contribution >= 0.6 is 0 Å². The van der Waals surface area contributed by atoms with Crippen molar-refractivity contribution >= 4 is 0 Å². The molecule has 0 saturated heterocycles. The smallest absolute Gasteiger partial charge is 0.0394 e. The molecule has 0 heteroatoms. The van der Waals surface area contributed by atoms with Gasteiger partial charge < -0.3 is 0 Å². The highest BCUT2D eigenvalue weighted by Gasteiger charge is 2.09. The van der Waals surface area contributed by atoms with E-state index in [0.717, 1.165) is 11.8 Å². The quantitative estimate of drug-likeness (QED) is 0.565. The van der Waals surface area contributed by atoms with Crippen LogP contribution in [0.15, 0.2) is 0 Å². The molecule has 0 saturated carbocycles. The van der Waals surface area contributed by atoms with Crippen LogP contribution in [0.2, 0.25) is 0 Å². The summed E-state index contributed by atoms with van der Waals surface area (Å²) in [7, 11) is 0. The summed E-state index contributed by atoms with van der Waals surface area (Å²) in [6.07, 6.45) is 4.04. The van der Waals surface area contributed by atoms with Crippen LogP contribution in [0.1, 0.15) is 60.8 Å². The van der Waals surface area contributed by atoms with E-state index in [2.05, 4.69) is 27.7 Å². The van der Waals surface area contributed by atoms with Crippen molar-refractivity contribution in [2.24, 2.45) is 11.8 Å². The minimum absolute atomic E-state index is 0.931. The first-order valence-corrected chi connectivity index (χ1v) is 5.26. The first kappa shape index (κ1) is 13.6. The molecule has 0 radical (unpaired) electrons. The van der Waals surface area contributed by atoms with Gasteiger partial charge in [0.15, 0.2) is 0 Å². The average Bonchev–Trinajstić information content (AvgIpc) is 2.10. The third kappa shape index (κ3) is 6.40. The summed E-state index contributed by atoms with van der Waals surface area (Å²) >= 11 is 0. The average molecular weight is 158 g/mol. The molecule has 0 nitrogen and oxygen atoms in total. The standard InChI is InChI=1S/C9H20.C2H6/c1-5-8(4)9(6-2)7-3;1-2/h8-9H,5-7H2,1-4H3;1-2H3. The van der Waals surface area contributed by atoms with E-state index in [1.54, 1.807) is 0 Å². The third-order valence-corrected chi connectivity index (χ3v) is 2.50. The summed E-state index contributed by atoms with van der Waals surface area (Å²) in [5, 5.41) is 0. The molecule has 11 heavy (non-hydrogen) atoms. The molecule has 70 valence electrons. The van der Waals surface area contributed by atoms with E-state index >= 15 is 0 Å². The lowest BCUT2D eigenvalue weighted by atomic mass is 9.88. The Morgan fingerprint density at radius 1 is 0.818 bits per heavy atom. The summed E-state index contributed by atoms with van der Waals surface area (Å²) in [6, 6.07) is 0. The van der Waals surface area contributed by atoms with E-state index in [-0.39, 0.29) is 0 Å². The van der Waals surface area contributed by atoms with E-state index in [1.165, 1.54) is 19.3 Å². The maximum atomic E-state index is 2.36. The fourth-order valence-electron chi connectivity index (χ4n) is 1.43. The fourth-order valence-corrected chi connectivity index (χ4v) is 1.43. The maximum absolute atomic E-state index is 2.36. The fraction of sp³-hybridized carbons (Fsp3) is 1.00. The number of hydrogen-bond donors (Lipinski definition) is 0. The van der Waals surface area contributed by atoms with Gasteiger partial charge in [-0.2, -0.15) is 0 Å². The van der Waals surface area contributed by atoms with Crippen molar-refractivity contribution in [3.63, 3.8) is 0 Å². The first-order valence-electron chi connectivity index (χ1n) is 5.26.